The predicted octanol–water partition coefficient (Wildman–Crippen LogP) is 1.97. The van der Waals surface area contributed by atoms with Gasteiger partial charge in [0.15, 0.2) is 0 Å². The molecule has 0 aliphatic heterocycles. The van der Waals surface area contributed by atoms with Crippen molar-refractivity contribution in [2.45, 2.75) is 13.5 Å². The van der Waals surface area contributed by atoms with Crippen LogP contribution in [0.3, 0.4) is 0 Å². The van der Waals surface area contributed by atoms with Gasteiger partial charge in [-0.15, -0.1) is 6.58 Å². The van der Waals surface area contributed by atoms with Crippen LogP contribution in [0.2, 0.25) is 0 Å². The fourth-order valence-corrected chi connectivity index (χ4v) is 2.80. The molecule has 0 amide bonds. The van der Waals surface area contributed by atoms with Crippen LogP contribution in [-0.2, 0) is 13.6 Å². The van der Waals surface area contributed by atoms with Crippen LogP contribution in [0.25, 0.3) is 22.2 Å². The van der Waals surface area contributed by atoms with E-state index in [1.807, 2.05) is 0 Å². The molecule has 26 heavy (non-hydrogen) atoms. The third kappa shape index (κ3) is 2.71. The highest BCUT2D eigenvalue weighted by atomic mass is 16.6. The van der Waals surface area contributed by atoms with E-state index in [1.54, 1.807) is 13.0 Å². The molecule has 2 heterocycles. The quantitative estimate of drug-likeness (QED) is 0.406. The average molecular weight is 351 g/mol. The number of rotatable bonds is 4. The van der Waals surface area contributed by atoms with Crippen LogP contribution in [0.1, 0.15) is 5.56 Å². The number of pyridine rings is 1. The van der Waals surface area contributed by atoms with E-state index in [4.69, 9.17) is 0 Å². The van der Waals surface area contributed by atoms with Gasteiger partial charge in [-0.2, -0.15) is 5.10 Å². The van der Waals surface area contributed by atoms with E-state index in [-0.39, 0.29) is 28.7 Å². The molecule has 0 saturated heterocycles. The summed E-state index contributed by atoms with van der Waals surface area (Å²) in [6, 6.07) is 8.72. The summed E-state index contributed by atoms with van der Waals surface area (Å²) in [5, 5.41) is 15.6. The van der Waals surface area contributed by atoms with E-state index in [9.17, 15) is 19.7 Å². The van der Waals surface area contributed by atoms with Gasteiger partial charge in [0.1, 0.15) is 5.69 Å². The Kier molecular flexibility index (Phi) is 4.25. The highest BCUT2D eigenvalue weighted by Gasteiger charge is 2.18. The van der Waals surface area contributed by atoms with Crippen LogP contribution >= 0.6 is 0 Å². The molecule has 1 radical (unpaired) electrons. The van der Waals surface area contributed by atoms with Gasteiger partial charge in [-0.25, -0.2) is 4.68 Å². The van der Waals surface area contributed by atoms with Gasteiger partial charge in [-0.05, 0) is 6.92 Å². The first-order valence-electron chi connectivity index (χ1n) is 7.74. The number of hydrogen-bond donors (Lipinski definition) is 0. The first kappa shape index (κ1) is 17.3. The molecule has 0 spiro atoms. The SMILES string of the molecule is C=CCn1nc(-c2cccc([N+](=O)[O-])c2)c2c([c]c(C)c(=O)n2C)c1=O. The number of benzene rings is 1. The van der Waals surface area contributed by atoms with E-state index in [0.717, 1.165) is 0 Å². The molecule has 0 bridgehead atoms. The van der Waals surface area contributed by atoms with Crippen molar-refractivity contribution >= 4 is 16.6 Å². The fourth-order valence-electron chi connectivity index (χ4n) is 2.80. The average Bonchev–Trinajstić information content (AvgIpc) is 2.62. The molecule has 0 unspecified atom stereocenters. The zero-order valence-electron chi connectivity index (χ0n) is 14.2. The summed E-state index contributed by atoms with van der Waals surface area (Å²) in [7, 11) is 1.53. The van der Waals surface area contributed by atoms with Gasteiger partial charge in [-0.3, -0.25) is 19.7 Å². The van der Waals surface area contributed by atoms with Gasteiger partial charge >= 0.3 is 0 Å². The van der Waals surface area contributed by atoms with E-state index in [0.29, 0.717) is 16.8 Å². The molecule has 0 aliphatic rings. The summed E-state index contributed by atoms with van der Waals surface area (Å²) < 4.78 is 2.52. The van der Waals surface area contributed by atoms with Crippen molar-refractivity contribution in [2.24, 2.45) is 7.05 Å². The monoisotopic (exact) mass is 351 g/mol. The highest BCUT2D eigenvalue weighted by molar-refractivity contribution is 5.91. The Morgan fingerprint density at radius 3 is 2.73 bits per heavy atom. The van der Waals surface area contributed by atoms with Crippen LogP contribution in [0.5, 0.6) is 0 Å². The zero-order valence-corrected chi connectivity index (χ0v) is 14.2. The van der Waals surface area contributed by atoms with Gasteiger partial charge in [0.2, 0.25) is 0 Å². The Bertz CT molecular complexity index is 1170. The number of nitro benzene ring substituents is 1. The summed E-state index contributed by atoms with van der Waals surface area (Å²) in [6.07, 6.45) is 1.52. The number of aryl methyl sites for hydroxylation is 2. The van der Waals surface area contributed by atoms with Crippen LogP contribution in [-0.4, -0.2) is 19.3 Å². The first-order chi connectivity index (χ1) is 12.3. The van der Waals surface area contributed by atoms with Crippen LogP contribution in [0, 0.1) is 23.1 Å². The van der Waals surface area contributed by atoms with Crippen molar-refractivity contribution in [1.82, 2.24) is 14.3 Å². The number of nitro groups is 1. The largest absolute Gasteiger partial charge is 0.309 e. The molecular formula is C18H15N4O4. The summed E-state index contributed by atoms with van der Waals surface area (Å²) >= 11 is 0. The minimum absolute atomic E-state index is 0.111. The van der Waals surface area contributed by atoms with Crippen molar-refractivity contribution < 1.29 is 4.92 Å². The number of allylic oxidation sites excluding steroid dienone is 1. The molecule has 131 valence electrons. The summed E-state index contributed by atoms with van der Waals surface area (Å²) in [4.78, 5) is 35.6. The Labute approximate surface area is 147 Å². The molecule has 0 saturated carbocycles. The third-order valence-corrected chi connectivity index (χ3v) is 4.04. The lowest BCUT2D eigenvalue weighted by Crippen LogP contribution is -2.28. The summed E-state index contributed by atoms with van der Waals surface area (Å²) in [5.74, 6) is 0. The molecule has 1 aromatic carbocycles. The number of aromatic nitrogens is 3. The Balaban J connectivity index is 2.50. The lowest BCUT2D eigenvalue weighted by molar-refractivity contribution is -0.384. The fraction of sp³-hybridized carbons (Fsp3) is 0.167. The zero-order chi connectivity index (χ0) is 19.0. The topological polar surface area (TPSA) is 100 Å². The molecule has 8 heteroatoms. The van der Waals surface area contributed by atoms with Crippen LogP contribution < -0.4 is 11.1 Å². The van der Waals surface area contributed by atoms with Gasteiger partial charge in [0.25, 0.3) is 16.8 Å². The summed E-state index contributed by atoms with van der Waals surface area (Å²) in [5.41, 5.74) is 0.472. The van der Waals surface area contributed by atoms with E-state index in [2.05, 4.69) is 17.7 Å². The normalized spacial score (nSPS) is 10.8. The minimum Gasteiger partial charge on any atom is -0.309 e. The number of nitrogens with zero attached hydrogens (tertiary/aromatic N) is 4. The van der Waals surface area contributed by atoms with Crippen LogP contribution in [0.4, 0.5) is 5.69 Å². The van der Waals surface area contributed by atoms with Crippen molar-refractivity contribution in [3.8, 4) is 11.3 Å². The number of non-ortho nitro benzene ring substituents is 1. The van der Waals surface area contributed by atoms with E-state index < -0.39 is 10.5 Å². The molecule has 2 aromatic heterocycles. The maximum atomic E-state index is 12.7. The van der Waals surface area contributed by atoms with Crippen molar-refractivity contribution in [3.63, 3.8) is 0 Å². The van der Waals surface area contributed by atoms with Gasteiger partial charge in [0.05, 0.1) is 22.4 Å². The standard InChI is InChI=1S/C18H15N4O4/c1-4-8-21-18(24)14-9-11(2)17(23)20(3)16(14)15(19-21)12-6-5-7-13(10-12)22(25)26/h4-7,10H,1,8H2,2-3H3. The minimum atomic E-state index is -0.513. The second-order valence-corrected chi connectivity index (χ2v) is 5.77. The predicted molar refractivity (Wildman–Crippen MR) is 97.1 cm³/mol. The number of fused-ring (bicyclic) bond motifs is 1. The van der Waals surface area contributed by atoms with E-state index >= 15 is 0 Å². The molecule has 0 aliphatic carbocycles. The van der Waals surface area contributed by atoms with Crippen LogP contribution in [0.15, 0.2) is 46.5 Å². The lowest BCUT2D eigenvalue weighted by atomic mass is 10.1. The maximum absolute atomic E-state index is 12.7. The Morgan fingerprint density at radius 2 is 2.08 bits per heavy atom. The molecule has 3 rings (SSSR count). The lowest BCUT2D eigenvalue weighted by Gasteiger charge is -2.13. The molecule has 8 nitrogen and oxygen atoms in total. The van der Waals surface area contributed by atoms with Crippen molar-refractivity contribution in [1.29, 1.82) is 0 Å². The number of hydrogen-bond acceptors (Lipinski definition) is 5. The van der Waals surface area contributed by atoms with Gasteiger partial charge < -0.3 is 4.57 Å². The summed E-state index contributed by atoms with van der Waals surface area (Å²) in [6.45, 7) is 5.35. The highest BCUT2D eigenvalue weighted by Crippen LogP contribution is 2.26. The van der Waals surface area contributed by atoms with Gasteiger partial charge in [-0.1, -0.05) is 18.2 Å². The Morgan fingerprint density at radius 1 is 1.35 bits per heavy atom. The Hall–Kier alpha value is -3.55. The second-order valence-electron chi connectivity index (χ2n) is 5.77. The van der Waals surface area contributed by atoms with Crippen molar-refractivity contribution in [2.75, 3.05) is 0 Å². The van der Waals surface area contributed by atoms with Gasteiger partial charge in [0, 0.05) is 36.4 Å². The smallest absolute Gasteiger partial charge is 0.277 e. The third-order valence-electron chi connectivity index (χ3n) is 4.04. The second kappa shape index (κ2) is 6.40. The van der Waals surface area contributed by atoms with E-state index in [1.165, 1.54) is 40.6 Å². The van der Waals surface area contributed by atoms with Crippen molar-refractivity contribution in [3.05, 3.63) is 79.4 Å². The molecule has 0 N–H and O–H groups in total. The molecule has 0 fully saturated rings. The maximum Gasteiger partial charge on any atom is 0.277 e. The molecule has 3 aromatic rings. The molecule has 0 atom stereocenters. The first-order valence-corrected chi connectivity index (χ1v) is 7.74. The molecular weight excluding hydrogens is 336 g/mol.